The van der Waals surface area contributed by atoms with Crippen molar-refractivity contribution in [3.8, 4) is 12.3 Å². The Balaban J connectivity index is 2.52. The van der Waals surface area contributed by atoms with Crippen LogP contribution in [0.25, 0.3) is 0 Å². The van der Waals surface area contributed by atoms with E-state index in [4.69, 9.17) is 11.5 Å². The molecule has 5 nitrogen and oxygen atoms in total. The summed E-state index contributed by atoms with van der Waals surface area (Å²) < 4.78 is 0. The Hall–Kier alpha value is -1.70. The summed E-state index contributed by atoms with van der Waals surface area (Å²) in [5.41, 5.74) is 0. The SMILES string of the molecule is C#CCN(CCC)C(=O)N1CCC(C(=O)O)CC1. The molecule has 0 bridgehead atoms. The lowest BCUT2D eigenvalue weighted by atomic mass is 9.97. The van der Waals surface area contributed by atoms with E-state index in [1.165, 1.54) is 0 Å². The van der Waals surface area contributed by atoms with Gasteiger partial charge in [-0.3, -0.25) is 4.79 Å². The van der Waals surface area contributed by atoms with Crippen molar-refractivity contribution in [3.05, 3.63) is 0 Å². The van der Waals surface area contributed by atoms with Gasteiger partial charge in [0, 0.05) is 19.6 Å². The molecule has 0 atom stereocenters. The highest BCUT2D eigenvalue weighted by Crippen LogP contribution is 2.18. The zero-order chi connectivity index (χ0) is 13.5. The van der Waals surface area contributed by atoms with Crippen molar-refractivity contribution in [2.24, 2.45) is 5.92 Å². The van der Waals surface area contributed by atoms with Crippen LogP contribution < -0.4 is 0 Å². The van der Waals surface area contributed by atoms with E-state index in [9.17, 15) is 9.59 Å². The summed E-state index contributed by atoms with van der Waals surface area (Å²) in [4.78, 5) is 26.3. The Labute approximate surface area is 108 Å². The molecular formula is C13H20N2O3. The van der Waals surface area contributed by atoms with Crippen molar-refractivity contribution in [2.75, 3.05) is 26.2 Å². The first-order valence-electron chi connectivity index (χ1n) is 6.30. The van der Waals surface area contributed by atoms with Crippen LogP contribution in [0.15, 0.2) is 0 Å². The molecule has 1 N–H and O–H groups in total. The van der Waals surface area contributed by atoms with Gasteiger partial charge in [0.2, 0.25) is 0 Å². The minimum absolute atomic E-state index is 0.0707. The predicted octanol–water partition coefficient (Wildman–Crippen LogP) is 1.25. The fourth-order valence-electron chi connectivity index (χ4n) is 2.14. The predicted molar refractivity (Wildman–Crippen MR) is 68.0 cm³/mol. The summed E-state index contributed by atoms with van der Waals surface area (Å²) >= 11 is 0. The fraction of sp³-hybridized carbons (Fsp3) is 0.692. The third-order valence-corrected chi connectivity index (χ3v) is 3.16. The number of likely N-dealkylation sites (tertiary alicyclic amines) is 1. The molecule has 5 heteroatoms. The minimum atomic E-state index is -0.767. The number of terminal acetylenes is 1. The van der Waals surface area contributed by atoms with Crippen LogP contribution in [0.5, 0.6) is 0 Å². The molecule has 0 aromatic rings. The Bertz CT molecular complexity index is 341. The largest absolute Gasteiger partial charge is 0.481 e. The number of carboxylic acids is 1. The number of rotatable bonds is 4. The smallest absolute Gasteiger partial charge is 0.320 e. The van der Waals surface area contributed by atoms with E-state index >= 15 is 0 Å². The third-order valence-electron chi connectivity index (χ3n) is 3.16. The Morgan fingerprint density at radius 1 is 1.44 bits per heavy atom. The molecule has 0 aliphatic carbocycles. The average Bonchev–Trinajstić information content (AvgIpc) is 2.38. The van der Waals surface area contributed by atoms with Crippen molar-refractivity contribution in [3.63, 3.8) is 0 Å². The first-order valence-corrected chi connectivity index (χ1v) is 6.30. The summed E-state index contributed by atoms with van der Waals surface area (Å²) in [6.07, 6.45) is 7.16. The molecule has 1 rings (SSSR count). The van der Waals surface area contributed by atoms with E-state index in [1.807, 2.05) is 6.92 Å². The summed E-state index contributed by atoms with van der Waals surface area (Å²) in [5, 5.41) is 8.90. The van der Waals surface area contributed by atoms with Crippen LogP contribution in [0.2, 0.25) is 0 Å². The monoisotopic (exact) mass is 252 g/mol. The van der Waals surface area contributed by atoms with Crippen molar-refractivity contribution in [2.45, 2.75) is 26.2 Å². The second-order valence-corrected chi connectivity index (χ2v) is 4.51. The normalized spacial score (nSPS) is 16.1. The second kappa shape index (κ2) is 6.90. The number of urea groups is 1. The molecule has 1 aliphatic rings. The number of carbonyl (C=O) groups excluding carboxylic acids is 1. The van der Waals surface area contributed by atoms with Gasteiger partial charge >= 0.3 is 12.0 Å². The first-order chi connectivity index (χ1) is 8.60. The molecule has 1 aliphatic heterocycles. The molecule has 0 saturated carbocycles. The van der Waals surface area contributed by atoms with Crippen LogP contribution in [0.3, 0.4) is 0 Å². The highest BCUT2D eigenvalue weighted by molar-refractivity contribution is 5.75. The zero-order valence-electron chi connectivity index (χ0n) is 10.8. The summed E-state index contributed by atoms with van der Waals surface area (Å²) in [5.74, 6) is 1.40. The van der Waals surface area contributed by atoms with Gasteiger partial charge in [0.25, 0.3) is 0 Å². The van der Waals surface area contributed by atoms with Gasteiger partial charge in [0.1, 0.15) is 0 Å². The first kappa shape index (κ1) is 14.4. The van der Waals surface area contributed by atoms with Crippen LogP contribution in [-0.4, -0.2) is 53.1 Å². The van der Waals surface area contributed by atoms with Gasteiger partial charge in [-0.25, -0.2) is 4.79 Å². The molecule has 0 aromatic carbocycles. The minimum Gasteiger partial charge on any atom is -0.481 e. The van der Waals surface area contributed by atoms with Crippen molar-refractivity contribution in [1.29, 1.82) is 0 Å². The standard InChI is InChI=1S/C13H20N2O3/c1-3-7-14(8-4-2)13(18)15-9-5-11(6-10-15)12(16)17/h1,11H,4-10H2,2H3,(H,16,17). The maximum absolute atomic E-state index is 12.2. The second-order valence-electron chi connectivity index (χ2n) is 4.51. The molecule has 0 unspecified atom stereocenters. The molecule has 1 fully saturated rings. The van der Waals surface area contributed by atoms with Gasteiger partial charge < -0.3 is 14.9 Å². The maximum Gasteiger partial charge on any atom is 0.320 e. The molecule has 1 heterocycles. The number of amides is 2. The van der Waals surface area contributed by atoms with Crippen LogP contribution in [0, 0.1) is 18.3 Å². The summed E-state index contributed by atoms with van der Waals surface area (Å²) in [6.45, 7) is 3.95. The zero-order valence-corrected chi connectivity index (χ0v) is 10.8. The third kappa shape index (κ3) is 3.66. The summed E-state index contributed by atoms with van der Waals surface area (Å²) in [7, 11) is 0. The van der Waals surface area contributed by atoms with E-state index in [2.05, 4.69) is 5.92 Å². The molecule has 18 heavy (non-hydrogen) atoms. The van der Waals surface area contributed by atoms with Crippen molar-refractivity contribution < 1.29 is 14.7 Å². The molecule has 0 aromatic heterocycles. The Morgan fingerprint density at radius 3 is 2.50 bits per heavy atom. The number of aliphatic carboxylic acids is 1. The highest BCUT2D eigenvalue weighted by Gasteiger charge is 2.28. The van der Waals surface area contributed by atoms with Gasteiger partial charge in [0.15, 0.2) is 0 Å². The number of carbonyl (C=O) groups is 2. The number of hydrogen-bond donors (Lipinski definition) is 1. The molecule has 2 amide bonds. The number of piperidine rings is 1. The fourth-order valence-corrected chi connectivity index (χ4v) is 2.14. The number of hydrogen-bond acceptors (Lipinski definition) is 2. The van der Waals surface area contributed by atoms with E-state index in [-0.39, 0.29) is 11.9 Å². The Kier molecular flexibility index (Phi) is 5.50. The van der Waals surface area contributed by atoms with Crippen molar-refractivity contribution in [1.82, 2.24) is 9.80 Å². The molecule has 1 saturated heterocycles. The number of carboxylic acid groups (broad SMARTS) is 1. The molecule has 0 spiro atoms. The van der Waals surface area contributed by atoms with Gasteiger partial charge in [-0.1, -0.05) is 12.8 Å². The quantitative estimate of drug-likeness (QED) is 0.766. The summed E-state index contributed by atoms with van der Waals surface area (Å²) in [6, 6.07) is -0.0707. The lowest BCUT2D eigenvalue weighted by Gasteiger charge is -2.34. The van der Waals surface area contributed by atoms with Crippen LogP contribution in [0.1, 0.15) is 26.2 Å². The van der Waals surface area contributed by atoms with E-state index in [0.29, 0.717) is 39.0 Å². The van der Waals surface area contributed by atoms with E-state index in [0.717, 1.165) is 6.42 Å². The molecule has 100 valence electrons. The van der Waals surface area contributed by atoms with Crippen LogP contribution in [-0.2, 0) is 4.79 Å². The number of nitrogens with zero attached hydrogens (tertiary/aromatic N) is 2. The molecular weight excluding hydrogens is 232 g/mol. The maximum atomic E-state index is 12.2. The van der Waals surface area contributed by atoms with E-state index in [1.54, 1.807) is 9.80 Å². The van der Waals surface area contributed by atoms with Crippen LogP contribution in [0.4, 0.5) is 4.79 Å². The van der Waals surface area contributed by atoms with Gasteiger partial charge in [-0.2, -0.15) is 0 Å². The lowest BCUT2D eigenvalue weighted by Crippen LogP contribution is -2.47. The van der Waals surface area contributed by atoms with Gasteiger partial charge in [0.05, 0.1) is 12.5 Å². The molecule has 0 radical (unpaired) electrons. The lowest BCUT2D eigenvalue weighted by molar-refractivity contribution is -0.143. The average molecular weight is 252 g/mol. The van der Waals surface area contributed by atoms with E-state index < -0.39 is 5.97 Å². The highest BCUT2D eigenvalue weighted by atomic mass is 16.4. The topological polar surface area (TPSA) is 60.9 Å². The van der Waals surface area contributed by atoms with Crippen LogP contribution >= 0.6 is 0 Å². The van der Waals surface area contributed by atoms with Gasteiger partial charge in [-0.15, -0.1) is 6.42 Å². The van der Waals surface area contributed by atoms with Gasteiger partial charge in [-0.05, 0) is 19.3 Å². The van der Waals surface area contributed by atoms with Crippen molar-refractivity contribution >= 4 is 12.0 Å². The Morgan fingerprint density at radius 2 is 2.06 bits per heavy atom.